The molecule has 0 amide bonds. The van der Waals surface area contributed by atoms with Gasteiger partial charge in [0.2, 0.25) is 5.79 Å². The molecule has 0 radical (unpaired) electrons. The number of fused-ring (bicyclic) bond motifs is 3. The van der Waals surface area contributed by atoms with E-state index < -0.39 is 54.3 Å². The topological polar surface area (TPSA) is 225 Å². The van der Waals surface area contributed by atoms with Gasteiger partial charge in [0.1, 0.15) is 12.2 Å². The van der Waals surface area contributed by atoms with Gasteiger partial charge in [-0.05, 0) is 116 Å². The number of hydrogen-bond acceptors (Lipinski definition) is 14. The SMILES string of the molecule is CCC[C@H](CCCO)CCC(=O)O[C@@H]1[C@@H](O)[C@H]2O[C@](O)(C=C[C@@H]2NC[C@H](C)O)[C@@H]1OC(=O)/C(=C/c1ccc(O)c(OC)c1)C[C@@H]1c2cc(CCO)ccc2CC[C@H]1CO. The summed E-state index contributed by atoms with van der Waals surface area (Å²) in [6, 6.07) is 9.83. The summed E-state index contributed by atoms with van der Waals surface area (Å²) in [7, 11) is 1.40. The normalized spacial score (nSPS) is 27.4. The molecule has 2 aromatic rings. The lowest BCUT2D eigenvalue weighted by Gasteiger charge is -2.51. The van der Waals surface area contributed by atoms with Crippen LogP contribution in [0.1, 0.15) is 93.4 Å². The first-order valence-electron chi connectivity index (χ1n) is 21.0. The molecule has 10 atom stereocenters. The van der Waals surface area contributed by atoms with Crippen molar-refractivity contribution < 1.29 is 64.3 Å². The number of benzene rings is 2. The van der Waals surface area contributed by atoms with E-state index in [-0.39, 0.29) is 74.0 Å². The number of methoxy groups -OCH3 is 1. The number of aliphatic hydroxyl groups excluding tert-OH is 5. The summed E-state index contributed by atoms with van der Waals surface area (Å²) in [4.78, 5) is 28.3. The number of aliphatic hydroxyl groups is 6. The fourth-order valence-corrected chi connectivity index (χ4v) is 8.66. The molecule has 2 heterocycles. The van der Waals surface area contributed by atoms with Crippen LogP contribution in [0.25, 0.3) is 6.08 Å². The highest BCUT2D eigenvalue weighted by Crippen LogP contribution is 2.43. The third kappa shape index (κ3) is 11.7. The van der Waals surface area contributed by atoms with Crippen molar-refractivity contribution in [3.8, 4) is 11.5 Å². The van der Waals surface area contributed by atoms with E-state index in [0.29, 0.717) is 37.7 Å². The molecule has 2 bridgehead atoms. The van der Waals surface area contributed by atoms with Gasteiger partial charge in [-0.15, -0.1) is 0 Å². The number of phenols is 1. The molecular formula is C45H63NO13. The highest BCUT2D eigenvalue weighted by Gasteiger charge is 2.60. The van der Waals surface area contributed by atoms with Gasteiger partial charge in [-0.25, -0.2) is 4.79 Å². The highest BCUT2D eigenvalue weighted by molar-refractivity contribution is 5.94. The minimum Gasteiger partial charge on any atom is -0.504 e. The molecule has 0 aromatic heterocycles. The number of rotatable bonds is 21. The summed E-state index contributed by atoms with van der Waals surface area (Å²) in [6.45, 7) is 3.60. The number of phenolic OH excluding ortho intramolecular Hbond substituents is 1. The van der Waals surface area contributed by atoms with Crippen LogP contribution in [0.5, 0.6) is 11.5 Å². The van der Waals surface area contributed by atoms with Gasteiger partial charge in [0.15, 0.2) is 23.7 Å². The van der Waals surface area contributed by atoms with Crippen LogP contribution in [0.3, 0.4) is 0 Å². The maximum absolute atomic E-state index is 14.7. The Morgan fingerprint density at radius 2 is 1.86 bits per heavy atom. The lowest BCUT2D eigenvalue weighted by molar-refractivity contribution is -0.333. The molecule has 1 fully saturated rings. The fraction of sp³-hybridized carbons (Fsp3) is 0.600. The molecule has 0 saturated carbocycles. The summed E-state index contributed by atoms with van der Waals surface area (Å²) in [5, 5.41) is 76.9. The van der Waals surface area contributed by atoms with Crippen LogP contribution in [0, 0.1) is 11.8 Å². The van der Waals surface area contributed by atoms with Crippen molar-refractivity contribution in [1.29, 1.82) is 0 Å². The van der Waals surface area contributed by atoms with E-state index in [0.717, 1.165) is 36.0 Å². The molecule has 3 aliphatic rings. The minimum atomic E-state index is -2.34. The molecule has 59 heavy (non-hydrogen) atoms. The average Bonchev–Trinajstić information content (AvgIpc) is 3.22. The van der Waals surface area contributed by atoms with Gasteiger partial charge in [-0.1, -0.05) is 50.1 Å². The average molecular weight is 826 g/mol. The summed E-state index contributed by atoms with van der Waals surface area (Å²) >= 11 is 0. The monoisotopic (exact) mass is 825 g/mol. The zero-order valence-electron chi connectivity index (χ0n) is 34.4. The Bertz CT molecular complexity index is 1760. The summed E-state index contributed by atoms with van der Waals surface area (Å²) in [6.07, 6.45) is 3.02. The number of esters is 2. The van der Waals surface area contributed by atoms with Crippen LogP contribution < -0.4 is 10.1 Å². The number of carbonyl (C=O) groups is 2. The Labute approximate surface area is 346 Å². The summed E-state index contributed by atoms with van der Waals surface area (Å²) in [5.41, 5.74) is 3.49. The van der Waals surface area contributed by atoms with E-state index in [2.05, 4.69) is 5.32 Å². The number of aryl methyl sites for hydroxylation is 1. The zero-order chi connectivity index (χ0) is 42.7. The first kappa shape index (κ1) is 46.2. The van der Waals surface area contributed by atoms with E-state index in [1.165, 1.54) is 19.3 Å². The van der Waals surface area contributed by atoms with Crippen molar-refractivity contribution in [2.45, 2.75) is 126 Å². The molecule has 8 N–H and O–H groups in total. The van der Waals surface area contributed by atoms with E-state index in [9.17, 15) is 45.3 Å². The van der Waals surface area contributed by atoms with Crippen molar-refractivity contribution >= 4 is 18.0 Å². The Kier molecular flexibility index (Phi) is 16.9. The molecule has 1 saturated heterocycles. The first-order chi connectivity index (χ1) is 28.3. The van der Waals surface area contributed by atoms with Crippen LogP contribution in [-0.4, -0.2) is 124 Å². The summed E-state index contributed by atoms with van der Waals surface area (Å²) in [5.74, 6) is -4.31. The Morgan fingerprint density at radius 3 is 2.56 bits per heavy atom. The lowest BCUT2D eigenvalue weighted by Crippen LogP contribution is -2.71. The predicted octanol–water partition coefficient (Wildman–Crippen LogP) is 3.20. The van der Waals surface area contributed by atoms with Crippen molar-refractivity contribution in [1.82, 2.24) is 5.32 Å². The highest BCUT2D eigenvalue weighted by atomic mass is 16.7. The second-order valence-corrected chi connectivity index (χ2v) is 16.2. The van der Waals surface area contributed by atoms with Gasteiger partial charge in [0.05, 0.1) is 19.3 Å². The Balaban J connectivity index is 1.52. The van der Waals surface area contributed by atoms with Gasteiger partial charge in [0, 0.05) is 38.4 Å². The van der Waals surface area contributed by atoms with E-state index in [1.54, 1.807) is 31.2 Å². The van der Waals surface area contributed by atoms with Crippen LogP contribution in [-0.2, 0) is 36.6 Å². The zero-order valence-corrected chi connectivity index (χ0v) is 34.4. The van der Waals surface area contributed by atoms with Crippen LogP contribution in [0.15, 0.2) is 54.1 Å². The maximum atomic E-state index is 14.7. The van der Waals surface area contributed by atoms with E-state index >= 15 is 0 Å². The van der Waals surface area contributed by atoms with Gasteiger partial charge in [-0.2, -0.15) is 0 Å². The van der Waals surface area contributed by atoms with Gasteiger partial charge in [0.25, 0.3) is 0 Å². The van der Waals surface area contributed by atoms with Gasteiger partial charge >= 0.3 is 11.9 Å². The van der Waals surface area contributed by atoms with E-state index in [4.69, 9.17) is 18.9 Å². The van der Waals surface area contributed by atoms with Crippen LogP contribution >= 0.6 is 0 Å². The second kappa shape index (κ2) is 21.6. The van der Waals surface area contributed by atoms with E-state index in [1.807, 2.05) is 25.1 Å². The molecule has 14 nitrogen and oxygen atoms in total. The third-order valence-electron chi connectivity index (χ3n) is 11.8. The molecule has 2 aromatic carbocycles. The van der Waals surface area contributed by atoms with Crippen molar-refractivity contribution in [3.63, 3.8) is 0 Å². The van der Waals surface area contributed by atoms with Crippen molar-refractivity contribution in [3.05, 3.63) is 76.4 Å². The number of carbonyl (C=O) groups excluding carboxylic acids is 2. The number of hydrogen-bond donors (Lipinski definition) is 8. The molecule has 1 aliphatic carbocycles. The second-order valence-electron chi connectivity index (χ2n) is 16.2. The third-order valence-corrected chi connectivity index (χ3v) is 11.8. The molecule has 2 aliphatic heterocycles. The lowest BCUT2D eigenvalue weighted by atomic mass is 9.72. The molecular weight excluding hydrogens is 762 g/mol. The maximum Gasteiger partial charge on any atom is 0.334 e. The number of nitrogens with one attached hydrogen (secondary N) is 1. The van der Waals surface area contributed by atoms with Crippen molar-refractivity contribution in [2.75, 3.05) is 33.5 Å². The minimum absolute atomic E-state index is 0.0147. The van der Waals surface area contributed by atoms with Gasteiger partial charge in [-0.3, -0.25) is 4.79 Å². The van der Waals surface area contributed by atoms with Crippen LogP contribution in [0.4, 0.5) is 0 Å². The smallest absolute Gasteiger partial charge is 0.334 e. The number of ether oxygens (including phenoxy) is 4. The number of aromatic hydroxyl groups is 1. The quantitative estimate of drug-likeness (QED) is 0.0515. The fourth-order valence-electron chi connectivity index (χ4n) is 8.66. The molecule has 326 valence electrons. The standard InChI is InChI=1S/C45H63NO13/c1-4-6-28(7-5-19-47)10-15-39(52)57-42-40(53)41-36(46-25-27(2)50)16-18-45(55,59-41)43(42)58-44(54)33(21-30-9-14-37(51)38(23-30)56-3)24-35-32(26-49)13-12-31-11-8-29(17-20-48)22-34(31)35/h8-9,11,14,16,18,21-23,27-28,32,35-36,40-43,46-51,53,55H,4-7,10,12-13,15,17,19-20,24-26H2,1-3H3/b33-21+/t27-,28+,32-,35-,36-,40-,41-,42+,43+,45+/m0/s1. The first-order valence-corrected chi connectivity index (χ1v) is 21.0. The largest absolute Gasteiger partial charge is 0.504 e. The van der Waals surface area contributed by atoms with Gasteiger partial charge < -0.3 is 60.0 Å². The molecule has 0 spiro atoms. The molecule has 5 rings (SSSR count). The Morgan fingerprint density at radius 1 is 1.07 bits per heavy atom. The Hall–Kier alpha value is -3.86. The molecule has 0 unspecified atom stereocenters. The molecule has 14 heteroatoms. The van der Waals surface area contributed by atoms with Crippen molar-refractivity contribution in [2.24, 2.45) is 11.8 Å². The predicted molar refractivity (Wildman–Crippen MR) is 218 cm³/mol. The summed E-state index contributed by atoms with van der Waals surface area (Å²) < 4.78 is 23.5. The van der Waals surface area contributed by atoms with Crippen LogP contribution in [0.2, 0.25) is 0 Å².